The van der Waals surface area contributed by atoms with Gasteiger partial charge in [-0.05, 0) is 52.0 Å². The van der Waals surface area contributed by atoms with Gasteiger partial charge in [0.2, 0.25) is 11.8 Å². The number of fused-ring (bicyclic) bond motifs is 1. The number of benzene rings is 2. The van der Waals surface area contributed by atoms with Crippen LogP contribution in [-0.2, 0) is 19.1 Å². The SMILES string of the molecule is C=CC1C[C@]1(NC(=O)[C@@H]1CC(Oc2cc(-c3ccccc3)nc3ccc([N+](=O)[O-])cc23)CN1C(=O)[C@@H](NC(=O)OC(C)C)C1CCCCC1)C(C)=O. The molecule has 3 fully saturated rings. The van der Waals surface area contributed by atoms with E-state index in [0.29, 0.717) is 28.8 Å². The van der Waals surface area contributed by atoms with Crippen molar-refractivity contribution in [1.82, 2.24) is 20.5 Å². The molecule has 3 aliphatic rings. The molecule has 13 nitrogen and oxygen atoms in total. The molecule has 2 N–H and O–H groups in total. The molecule has 0 spiro atoms. The topological polar surface area (TPSA) is 170 Å². The average molecular weight is 712 g/mol. The van der Waals surface area contributed by atoms with Gasteiger partial charge < -0.3 is 25.0 Å². The van der Waals surface area contributed by atoms with Gasteiger partial charge in [0.05, 0.1) is 28.8 Å². The van der Waals surface area contributed by atoms with Gasteiger partial charge in [0.1, 0.15) is 29.5 Å². The Morgan fingerprint density at radius 1 is 1.08 bits per heavy atom. The molecule has 13 heteroatoms. The summed E-state index contributed by atoms with van der Waals surface area (Å²) >= 11 is 0. The number of likely N-dealkylation sites (tertiary alicyclic amines) is 1. The van der Waals surface area contributed by atoms with Gasteiger partial charge in [-0.1, -0.05) is 55.7 Å². The fourth-order valence-electron chi connectivity index (χ4n) is 7.62. The van der Waals surface area contributed by atoms with Crippen LogP contribution in [0.1, 0.15) is 65.7 Å². The van der Waals surface area contributed by atoms with Crippen LogP contribution >= 0.6 is 0 Å². The van der Waals surface area contributed by atoms with Gasteiger partial charge in [0.25, 0.3) is 5.69 Å². The highest BCUT2D eigenvalue weighted by molar-refractivity contribution is 5.98. The molecule has 1 saturated heterocycles. The molecule has 1 aromatic heterocycles. The number of ketones is 1. The number of nitro groups is 1. The van der Waals surface area contributed by atoms with E-state index < -0.39 is 52.7 Å². The molecule has 0 bridgehead atoms. The Bertz CT molecular complexity index is 1880. The number of rotatable bonds is 12. The number of carbonyl (C=O) groups is 4. The van der Waals surface area contributed by atoms with E-state index in [1.807, 2.05) is 30.3 Å². The number of nitrogens with zero attached hydrogens (tertiary/aromatic N) is 3. The summed E-state index contributed by atoms with van der Waals surface area (Å²) in [4.78, 5) is 71.9. The number of hydrogen-bond donors (Lipinski definition) is 2. The van der Waals surface area contributed by atoms with E-state index in [1.165, 1.54) is 24.0 Å². The summed E-state index contributed by atoms with van der Waals surface area (Å²) in [6.45, 7) is 8.67. The van der Waals surface area contributed by atoms with E-state index in [4.69, 9.17) is 14.5 Å². The predicted octanol–water partition coefficient (Wildman–Crippen LogP) is 5.89. The standard InChI is InChI=1S/C39H45N5O8/c1-5-27-21-39(27,24(4)45)42-36(46)33-19-29(22-43(33)37(47)35(26-14-10-7-11-15-26)41-38(48)51-23(2)3)52-34-20-32(25-12-8-6-9-13-25)40-31-17-16-28(44(49)50)18-30(31)34/h5-6,8-9,12-13,16-18,20,23,26-27,29,33,35H,1,7,10-11,14-15,19,21-22H2,2-4H3,(H,41,48)(H,42,46)/t27?,29?,33-,35-,39-/m0/s1. The largest absolute Gasteiger partial charge is 0.488 e. The van der Waals surface area contributed by atoms with Gasteiger partial charge in [0.15, 0.2) is 5.78 Å². The van der Waals surface area contributed by atoms with Crippen LogP contribution in [0.2, 0.25) is 0 Å². The first-order valence-electron chi connectivity index (χ1n) is 17.9. The van der Waals surface area contributed by atoms with Gasteiger partial charge >= 0.3 is 6.09 Å². The Morgan fingerprint density at radius 3 is 2.44 bits per heavy atom. The molecule has 2 heterocycles. The zero-order valence-electron chi connectivity index (χ0n) is 29.7. The van der Waals surface area contributed by atoms with Gasteiger partial charge in [0, 0.05) is 41.5 Å². The highest BCUT2D eigenvalue weighted by atomic mass is 16.6. The Hall–Kier alpha value is -5.33. The molecule has 3 amide bonds. The Kier molecular flexibility index (Phi) is 10.6. The maximum Gasteiger partial charge on any atom is 0.408 e. The smallest absolute Gasteiger partial charge is 0.408 e. The van der Waals surface area contributed by atoms with Crippen LogP contribution in [0.3, 0.4) is 0 Å². The minimum Gasteiger partial charge on any atom is -0.488 e. The van der Waals surface area contributed by atoms with Crippen LogP contribution < -0.4 is 15.4 Å². The fourth-order valence-corrected chi connectivity index (χ4v) is 7.62. The van der Waals surface area contributed by atoms with Gasteiger partial charge in [-0.25, -0.2) is 9.78 Å². The first-order chi connectivity index (χ1) is 24.9. The maximum atomic E-state index is 14.6. The number of pyridine rings is 1. The van der Waals surface area contributed by atoms with Crippen LogP contribution in [0.5, 0.6) is 5.75 Å². The van der Waals surface area contributed by atoms with Crippen molar-refractivity contribution in [3.8, 4) is 17.0 Å². The van der Waals surface area contributed by atoms with Crippen LogP contribution in [0.15, 0.2) is 67.3 Å². The second kappa shape index (κ2) is 15.1. The first kappa shape index (κ1) is 36.5. The molecule has 0 radical (unpaired) electrons. The third-order valence-electron chi connectivity index (χ3n) is 10.5. The van der Waals surface area contributed by atoms with Crippen molar-refractivity contribution in [1.29, 1.82) is 0 Å². The minimum absolute atomic E-state index is 0.0155. The molecular weight excluding hydrogens is 666 g/mol. The van der Waals surface area contributed by atoms with Crippen molar-refractivity contribution in [2.75, 3.05) is 6.54 Å². The molecule has 5 atom stereocenters. The third kappa shape index (κ3) is 7.63. The number of non-ortho nitro benzene ring substituents is 1. The lowest BCUT2D eigenvalue weighted by Gasteiger charge is -2.34. The van der Waals surface area contributed by atoms with Crippen LogP contribution in [-0.4, -0.2) is 74.9 Å². The predicted molar refractivity (Wildman–Crippen MR) is 193 cm³/mol. The summed E-state index contributed by atoms with van der Waals surface area (Å²) in [7, 11) is 0. The van der Waals surface area contributed by atoms with E-state index in [1.54, 1.807) is 32.1 Å². The molecule has 6 rings (SSSR count). The van der Waals surface area contributed by atoms with E-state index in [0.717, 1.165) is 37.7 Å². The zero-order chi connectivity index (χ0) is 37.2. The minimum atomic E-state index is -1.10. The number of alkyl carbamates (subject to hydrolysis) is 1. The highest BCUT2D eigenvalue weighted by Gasteiger charge is 2.59. The van der Waals surface area contributed by atoms with E-state index in [9.17, 15) is 29.3 Å². The van der Waals surface area contributed by atoms with Crippen molar-refractivity contribution < 1.29 is 33.6 Å². The number of nitro benzene ring substituents is 1. The molecule has 3 aromatic rings. The van der Waals surface area contributed by atoms with Crippen molar-refractivity contribution >= 4 is 40.3 Å². The normalized spacial score (nSPS) is 23.5. The fraction of sp³-hybridized carbons (Fsp3) is 0.462. The summed E-state index contributed by atoms with van der Waals surface area (Å²) in [6, 6.07) is 13.5. The number of aromatic nitrogens is 1. The number of ether oxygens (including phenoxy) is 2. The number of carbonyl (C=O) groups excluding carboxylic acids is 4. The molecule has 2 aliphatic carbocycles. The monoisotopic (exact) mass is 711 g/mol. The number of Topliss-reactive ketones (excluding diaryl/α,β-unsaturated/α-hetero) is 1. The molecule has 1 aliphatic heterocycles. The number of hydrogen-bond acceptors (Lipinski definition) is 9. The van der Waals surface area contributed by atoms with Crippen molar-refractivity contribution in [2.24, 2.45) is 11.8 Å². The molecule has 274 valence electrons. The molecule has 2 saturated carbocycles. The van der Waals surface area contributed by atoms with E-state index >= 15 is 0 Å². The van der Waals surface area contributed by atoms with Crippen LogP contribution in [0.4, 0.5) is 10.5 Å². The van der Waals surface area contributed by atoms with Gasteiger partial charge in [-0.2, -0.15) is 0 Å². The summed E-state index contributed by atoms with van der Waals surface area (Å²) in [5, 5.41) is 17.9. The Balaban J connectivity index is 1.36. The molecule has 2 aromatic carbocycles. The van der Waals surface area contributed by atoms with Crippen molar-refractivity contribution in [3.05, 3.63) is 77.4 Å². The van der Waals surface area contributed by atoms with Crippen molar-refractivity contribution in [2.45, 2.75) is 95.5 Å². The summed E-state index contributed by atoms with van der Waals surface area (Å²) in [5.74, 6) is -1.24. The quantitative estimate of drug-likeness (QED) is 0.132. The molecule has 2 unspecified atom stereocenters. The Labute approximate surface area is 302 Å². The van der Waals surface area contributed by atoms with Gasteiger partial charge in [-0.15, -0.1) is 6.58 Å². The first-order valence-corrected chi connectivity index (χ1v) is 17.9. The summed E-state index contributed by atoms with van der Waals surface area (Å²) < 4.78 is 12.0. The van der Waals surface area contributed by atoms with E-state index in [-0.39, 0.29) is 36.3 Å². The molecular formula is C39H45N5O8. The second-order valence-corrected chi connectivity index (χ2v) is 14.3. The summed E-state index contributed by atoms with van der Waals surface area (Å²) in [5.41, 5.74) is 0.616. The highest BCUT2D eigenvalue weighted by Crippen LogP contribution is 2.45. The van der Waals surface area contributed by atoms with Crippen LogP contribution in [0, 0.1) is 22.0 Å². The van der Waals surface area contributed by atoms with Crippen molar-refractivity contribution in [3.63, 3.8) is 0 Å². The molecule has 52 heavy (non-hydrogen) atoms. The van der Waals surface area contributed by atoms with Gasteiger partial charge in [-0.3, -0.25) is 24.5 Å². The lowest BCUT2D eigenvalue weighted by molar-refractivity contribution is -0.384. The maximum absolute atomic E-state index is 14.6. The second-order valence-electron chi connectivity index (χ2n) is 14.3. The number of amides is 3. The summed E-state index contributed by atoms with van der Waals surface area (Å²) in [6.07, 6.45) is 4.55. The Morgan fingerprint density at radius 2 is 1.81 bits per heavy atom. The van der Waals surface area contributed by atoms with E-state index in [2.05, 4.69) is 17.2 Å². The zero-order valence-corrected chi connectivity index (χ0v) is 29.7. The third-order valence-corrected chi connectivity index (χ3v) is 10.5. The average Bonchev–Trinajstić information content (AvgIpc) is 3.69. The number of nitrogens with one attached hydrogen (secondary N) is 2. The van der Waals surface area contributed by atoms with Crippen LogP contribution in [0.25, 0.3) is 22.2 Å². The lowest BCUT2D eigenvalue weighted by atomic mass is 9.83. The lowest BCUT2D eigenvalue weighted by Crippen LogP contribution is -2.58.